The van der Waals surface area contributed by atoms with Crippen molar-refractivity contribution in [3.63, 3.8) is 0 Å². The van der Waals surface area contributed by atoms with Gasteiger partial charge in [-0.25, -0.2) is 0 Å². The largest absolute Gasteiger partial charge is 0.391 e. The lowest BCUT2D eigenvalue weighted by Crippen LogP contribution is -2.53. The van der Waals surface area contributed by atoms with Crippen molar-refractivity contribution in [3.8, 4) is 0 Å². The second-order valence-electron chi connectivity index (χ2n) is 6.49. The first kappa shape index (κ1) is 21.1. The Hall–Kier alpha value is -3.20. The third-order valence-corrected chi connectivity index (χ3v) is 3.95. The third-order valence-electron chi connectivity index (χ3n) is 3.95. The van der Waals surface area contributed by atoms with E-state index in [-0.39, 0.29) is 12.2 Å². The van der Waals surface area contributed by atoms with E-state index in [1.165, 1.54) is 13.0 Å². The Bertz CT molecular complexity index is 829. The molecule has 0 spiro atoms. The van der Waals surface area contributed by atoms with E-state index in [2.05, 4.69) is 21.1 Å². The topological polar surface area (TPSA) is 134 Å². The summed E-state index contributed by atoms with van der Waals surface area (Å²) in [5, 5.41) is 20.8. The molecule has 0 saturated carbocycles. The van der Waals surface area contributed by atoms with E-state index in [9.17, 15) is 19.5 Å². The minimum Gasteiger partial charge on any atom is -0.391 e. The molecule has 1 aromatic heterocycles. The highest BCUT2D eigenvalue weighted by atomic mass is 16.5. The summed E-state index contributed by atoms with van der Waals surface area (Å²) in [6.07, 6.45) is -1.17. The molecule has 2 atom stereocenters. The zero-order valence-corrected chi connectivity index (χ0v) is 16.0. The van der Waals surface area contributed by atoms with Crippen molar-refractivity contribution in [3.05, 3.63) is 52.9 Å². The van der Waals surface area contributed by atoms with Crippen LogP contribution < -0.4 is 16.0 Å². The number of hydrogen-bond donors (Lipinski definition) is 4. The van der Waals surface area contributed by atoms with Crippen LogP contribution in [0.25, 0.3) is 0 Å². The fourth-order valence-electron chi connectivity index (χ4n) is 2.34. The van der Waals surface area contributed by atoms with Gasteiger partial charge >= 0.3 is 0 Å². The average molecular weight is 388 g/mol. The molecular formula is C19H24N4O5. The Balaban J connectivity index is 1.83. The second-order valence-corrected chi connectivity index (χ2v) is 6.49. The van der Waals surface area contributed by atoms with Gasteiger partial charge in [0.25, 0.3) is 5.91 Å². The van der Waals surface area contributed by atoms with Gasteiger partial charge in [0.1, 0.15) is 11.8 Å². The fourth-order valence-corrected chi connectivity index (χ4v) is 2.34. The highest BCUT2D eigenvalue weighted by Gasteiger charge is 2.27. The van der Waals surface area contributed by atoms with Gasteiger partial charge < -0.3 is 25.6 Å². The van der Waals surface area contributed by atoms with E-state index in [1.807, 2.05) is 31.2 Å². The number of rotatable bonds is 8. The number of amides is 3. The maximum Gasteiger partial charge on any atom is 0.274 e. The molecule has 9 heteroatoms. The van der Waals surface area contributed by atoms with Crippen molar-refractivity contribution < 1.29 is 24.0 Å². The number of hydrogen-bond acceptors (Lipinski definition) is 6. The van der Waals surface area contributed by atoms with Crippen molar-refractivity contribution in [2.45, 2.75) is 39.5 Å². The molecular weight excluding hydrogens is 364 g/mol. The number of aliphatic hydroxyl groups is 1. The Morgan fingerprint density at radius 2 is 1.82 bits per heavy atom. The standard InChI is InChI=1S/C19H24N4O5/c1-11-4-6-14(7-5-11)9-20-16(25)10-21-19(27)17(13(3)24)22-18(26)15-8-12(2)28-23-15/h4-8,13,17,24H,9-10H2,1-3H3,(H,20,25)(H,21,27)(H,22,26). The minimum atomic E-state index is -1.24. The van der Waals surface area contributed by atoms with E-state index in [1.54, 1.807) is 6.92 Å². The van der Waals surface area contributed by atoms with Gasteiger partial charge in [0, 0.05) is 12.6 Å². The average Bonchev–Trinajstić information content (AvgIpc) is 3.09. The van der Waals surface area contributed by atoms with E-state index in [4.69, 9.17) is 4.52 Å². The predicted octanol–water partition coefficient (Wildman–Crippen LogP) is 0.203. The van der Waals surface area contributed by atoms with E-state index in [0.717, 1.165) is 11.1 Å². The fraction of sp³-hybridized carbons (Fsp3) is 0.368. The lowest BCUT2D eigenvalue weighted by atomic mass is 10.1. The highest BCUT2D eigenvalue weighted by Crippen LogP contribution is 2.04. The van der Waals surface area contributed by atoms with Crippen LogP contribution in [0.5, 0.6) is 0 Å². The summed E-state index contributed by atoms with van der Waals surface area (Å²) in [4.78, 5) is 36.3. The van der Waals surface area contributed by atoms with Gasteiger partial charge in [-0.2, -0.15) is 0 Å². The summed E-state index contributed by atoms with van der Waals surface area (Å²) < 4.78 is 4.81. The first-order valence-electron chi connectivity index (χ1n) is 8.78. The van der Waals surface area contributed by atoms with E-state index in [0.29, 0.717) is 12.3 Å². The number of aromatic nitrogens is 1. The zero-order valence-electron chi connectivity index (χ0n) is 16.0. The summed E-state index contributed by atoms with van der Waals surface area (Å²) in [6.45, 7) is 5.00. The Labute approximate surface area is 162 Å². The van der Waals surface area contributed by atoms with Crippen LogP contribution in [-0.2, 0) is 16.1 Å². The van der Waals surface area contributed by atoms with Crippen molar-refractivity contribution in [1.29, 1.82) is 0 Å². The predicted molar refractivity (Wildman–Crippen MR) is 100 cm³/mol. The van der Waals surface area contributed by atoms with Crippen molar-refractivity contribution in [2.75, 3.05) is 6.54 Å². The lowest BCUT2D eigenvalue weighted by molar-refractivity contribution is -0.128. The molecule has 2 rings (SSSR count). The van der Waals surface area contributed by atoms with Crippen LogP contribution in [0.1, 0.15) is 34.3 Å². The third kappa shape index (κ3) is 6.20. The molecule has 9 nitrogen and oxygen atoms in total. The molecule has 0 saturated heterocycles. The van der Waals surface area contributed by atoms with Crippen LogP contribution in [0.4, 0.5) is 0 Å². The molecule has 2 aromatic rings. The smallest absolute Gasteiger partial charge is 0.274 e. The number of benzene rings is 1. The second kappa shape index (κ2) is 9.65. The van der Waals surface area contributed by atoms with Gasteiger partial charge in [-0.1, -0.05) is 35.0 Å². The first-order valence-corrected chi connectivity index (χ1v) is 8.78. The summed E-state index contributed by atoms with van der Waals surface area (Å²) in [7, 11) is 0. The summed E-state index contributed by atoms with van der Waals surface area (Å²) in [5.74, 6) is -1.30. The number of carbonyl (C=O) groups is 3. The van der Waals surface area contributed by atoms with Gasteiger partial charge in [0.15, 0.2) is 5.69 Å². The van der Waals surface area contributed by atoms with Crippen LogP contribution in [0.3, 0.4) is 0 Å². The van der Waals surface area contributed by atoms with Crippen LogP contribution in [0.2, 0.25) is 0 Å². The first-order chi connectivity index (χ1) is 13.3. The van der Waals surface area contributed by atoms with E-state index < -0.39 is 29.9 Å². The van der Waals surface area contributed by atoms with Gasteiger partial charge in [-0.05, 0) is 26.3 Å². The molecule has 4 N–H and O–H groups in total. The number of nitrogens with one attached hydrogen (secondary N) is 3. The molecule has 1 heterocycles. The molecule has 0 aliphatic carbocycles. The highest BCUT2D eigenvalue weighted by molar-refractivity contribution is 5.97. The monoisotopic (exact) mass is 388 g/mol. The maximum absolute atomic E-state index is 12.3. The molecule has 150 valence electrons. The van der Waals surface area contributed by atoms with E-state index >= 15 is 0 Å². The molecule has 0 radical (unpaired) electrons. The van der Waals surface area contributed by atoms with Crippen LogP contribution in [-0.4, -0.2) is 46.7 Å². The Morgan fingerprint density at radius 1 is 1.14 bits per heavy atom. The molecule has 28 heavy (non-hydrogen) atoms. The number of nitrogens with zero attached hydrogens (tertiary/aromatic N) is 1. The van der Waals surface area contributed by atoms with Gasteiger partial charge in [-0.3, -0.25) is 14.4 Å². The summed E-state index contributed by atoms with van der Waals surface area (Å²) >= 11 is 0. The van der Waals surface area contributed by atoms with Gasteiger partial charge in [0.2, 0.25) is 11.8 Å². The lowest BCUT2D eigenvalue weighted by Gasteiger charge is -2.20. The van der Waals surface area contributed by atoms with Crippen LogP contribution in [0, 0.1) is 13.8 Å². The molecule has 3 amide bonds. The SMILES string of the molecule is Cc1ccc(CNC(=O)CNC(=O)C(NC(=O)c2cc(C)on2)C(C)O)cc1. The summed E-state index contributed by atoms with van der Waals surface area (Å²) in [5.41, 5.74) is 2.04. The zero-order chi connectivity index (χ0) is 20.7. The molecule has 0 fully saturated rings. The number of aliphatic hydroxyl groups excluding tert-OH is 1. The van der Waals surface area contributed by atoms with Crippen LogP contribution in [0.15, 0.2) is 34.9 Å². The van der Waals surface area contributed by atoms with Crippen molar-refractivity contribution in [1.82, 2.24) is 21.1 Å². The molecule has 1 aromatic carbocycles. The van der Waals surface area contributed by atoms with Crippen molar-refractivity contribution >= 4 is 17.7 Å². The molecule has 0 aliphatic heterocycles. The van der Waals surface area contributed by atoms with Crippen molar-refractivity contribution in [2.24, 2.45) is 0 Å². The quantitative estimate of drug-likeness (QED) is 0.511. The minimum absolute atomic E-state index is 0.00760. The van der Waals surface area contributed by atoms with Crippen LogP contribution >= 0.6 is 0 Å². The molecule has 0 bridgehead atoms. The molecule has 0 aliphatic rings. The normalized spacial score (nSPS) is 12.7. The van der Waals surface area contributed by atoms with Gasteiger partial charge in [-0.15, -0.1) is 0 Å². The number of aryl methyl sites for hydroxylation is 2. The Kier molecular flexibility index (Phi) is 7.28. The molecule has 2 unspecified atom stereocenters. The summed E-state index contributed by atoms with van der Waals surface area (Å²) in [6, 6.07) is 7.85. The van der Waals surface area contributed by atoms with Gasteiger partial charge in [0.05, 0.1) is 12.6 Å². The Morgan fingerprint density at radius 3 is 2.39 bits per heavy atom. The number of carbonyl (C=O) groups excluding carboxylic acids is 3. The maximum atomic E-state index is 12.3.